The van der Waals surface area contributed by atoms with Crippen molar-refractivity contribution in [2.45, 2.75) is 103 Å². The maximum atomic E-state index is 9.92. The van der Waals surface area contributed by atoms with Crippen LogP contribution in [0.2, 0.25) is 0 Å². The number of quaternary nitrogens is 1. The second-order valence-electron chi connectivity index (χ2n) is 9.23. The van der Waals surface area contributed by atoms with Crippen LogP contribution in [0.4, 0.5) is 0 Å². The molecule has 1 atom stereocenters. The second kappa shape index (κ2) is 19.9. The largest absolute Gasteiger partial charge is 0.393 e. The van der Waals surface area contributed by atoms with E-state index in [1.54, 1.807) is 0 Å². The van der Waals surface area contributed by atoms with Gasteiger partial charge in [-0.25, -0.2) is 5.48 Å². The maximum Gasteiger partial charge on any atom is 0.0793 e. The van der Waals surface area contributed by atoms with Gasteiger partial charge in [-0.2, -0.15) is 0 Å². The van der Waals surface area contributed by atoms with Crippen molar-refractivity contribution >= 4 is 0 Å². The molecule has 0 aromatic heterocycles. The van der Waals surface area contributed by atoms with Crippen LogP contribution in [0.5, 0.6) is 0 Å². The van der Waals surface area contributed by atoms with E-state index in [4.69, 9.17) is 4.84 Å². The molecule has 0 aromatic rings. The Kier molecular flexibility index (Phi) is 19.6. The van der Waals surface area contributed by atoms with Gasteiger partial charge in [-0.15, -0.1) is 0 Å². The van der Waals surface area contributed by atoms with Crippen molar-refractivity contribution in [3.8, 4) is 0 Å². The third-order valence-electron chi connectivity index (χ3n) is 5.04. The van der Waals surface area contributed by atoms with Crippen LogP contribution in [-0.2, 0) is 4.84 Å². The zero-order valence-corrected chi connectivity index (χ0v) is 19.6. The number of nitrogens with zero attached hydrogens (tertiary/aromatic N) is 1. The highest BCUT2D eigenvalue weighted by molar-refractivity contribution is 4.84. The highest BCUT2D eigenvalue weighted by Crippen LogP contribution is 2.10. The van der Waals surface area contributed by atoms with Crippen LogP contribution in [0.25, 0.3) is 0 Å². The minimum absolute atomic E-state index is 0.137. The summed E-state index contributed by atoms with van der Waals surface area (Å²) in [7, 11) is 6.66. The zero-order chi connectivity index (χ0) is 20.9. The van der Waals surface area contributed by atoms with Gasteiger partial charge in [-0.1, -0.05) is 70.4 Å². The lowest BCUT2D eigenvalue weighted by Crippen LogP contribution is -2.36. The molecule has 168 valence electrons. The van der Waals surface area contributed by atoms with E-state index in [1.165, 1.54) is 64.3 Å². The summed E-state index contributed by atoms with van der Waals surface area (Å²) in [5, 5.41) is 9.92. The molecule has 0 spiro atoms. The predicted octanol–water partition coefficient (Wildman–Crippen LogP) is 5.61. The summed E-state index contributed by atoms with van der Waals surface area (Å²) in [6.45, 7) is 5.17. The molecule has 1 unspecified atom stereocenters. The number of hydrogen-bond donors (Lipinski definition) is 2. The Labute approximate surface area is 176 Å². The fraction of sp³-hybridized carbons (Fsp3) is 0.917. The van der Waals surface area contributed by atoms with Crippen molar-refractivity contribution in [1.29, 1.82) is 0 Å². The lowest BCUT2D eigenvalue weighted by atomic mass is 10.1. The molecule has 2 N–H and O–H groups in total. The first-order valence-electron chi connectivity index (χ1n) is 11.9. The standard InChI is InChI=1S/C24H51N2O2/c1-5-6-7-15-19-24(27)20-16-13-11-9-8-10-12-14-17-23-28-25-21-18-22-26(2,3)4/h13,16,24-25,27H,5-12,14-15,17-23H2,1-4H3/q+1. The van der Waals surface area contributed by atoms with Gasteiger partial charge in [-0.3, -0.25) is 0 Å². The first-order valence-corrected chi connectivity index (χ1v) is 11.9. The van der Waals surface area contributed by atoms with Crippen molar-refractivity contribution in [3.05, 3.63) is 12.2 Å². The average molecular weight is 400 g/mol. The Balaban J connectivity index is 3.21. The van der Waals surface area contributed by atoms with Gasteiger partial charge in [0.2, 0.25) is 0 Å². The van der Waals surface area contributed by atoms with E-state index < -0.39 is 0 Å². The van der Waals surface area contributed by atoms with Gasteiger partial charge in [0.15, 0.2) is 0 Å². The van der Waals surface area contributed by atoms with Crippen LogP contribution in [0, 0.1) is 0 Å². The summed E-state index contributed by atoms with van der Waals surface area (Å²) in [6, 6.07) is 0. The van der Waals surface area contributed by atoms with E-state index in [0.29, 0.717) is 0 Å². The summed E-state index contributed by atoms with van der Waals surface area (Å²) < 4.78 is 1.01. The molecular formula is C24H51N2O2+. The molecular weight excluding hydrogens is 348 g/mol. The van der Waals surface area contributed by atoms with Crippen molar-refractivity contribution in [3.63, 3.8) is 0 Å². The summed E-state index contributed by atoms with van der Waals surface area (Å²) in [5.74, 6) is 0. The summed E-state index contributed by atoms with van der Waals surface area (Å²) >= 11 is 0. The fourth-order valence-corrected chi connectivity index (χ4v) is 3.21. The van der Waals surface area contributed by atoms with E-state index in [0.717, 1.165) is 49.7 Å². The van der Waals surface area contributed by atoms with Crippen molar-refractivity contribution in [1.82, 2.24) is 5.48 Å². The smallest absolute Gasteiger partial charge is 0.0793 e. The Morgan fingerprint density at radius 2 is 1.54 bits per heavy atom. The van der Waals surface area contributed by atoms with Crippen molar-refractivity contribution < 1.29 is 14.4 Å². The van der Waals surface area contributed by atoms with E-state index in [2.05, 4.69) is 45.7 Å². The van der Waals surface area contributed by atoms with Gasteiger partial charge < -0.3 is 14.4 Å². The van der Waals surface area contributed by atoms with E-state index in [-0.39, 0.29) is 6.10 Å². The maximum absolute atomic E-state index is 9.92. The van der Waals surface area contributed by atoms with Crippen LogP contribution < -0.4 is 5.48 Å². The van der Waals surface area contributed by atoms with Crippen molar-refractivity contribution in [2.75, 3.05) is 40.8 Å². The summed E-state index contributed by atoms with van der Waals surface area (Å²) in [4.78, 5) is 5.49. The molecule has 0 saturated carbocycles. The molecule has 0 aromatic carbocycles. The first kappa shape index (κ1) is 27.6. The third-order valence-corrected chi connectivity index (χ3v) is 5.04. The molecule has 0 saturated heterocycles. The molecule has 0 heterocycles. The molecule has 0 aliphatic carbocycles. The monoisotopic (exact) mass is 399 g/mol. The molecule has 0 aliphatic rings. The topological polar surface area (TPSA) is 41.5 Å². The number of rotatable bonds is 21. The van der Waals surface area contributed by atoms with Gasteiger partial charge in [0, 0.05) is 13.0 Å². The number of nitrogens with one attached hydrogen (secondary N) is 1. The van der Waals surface area contributed by atoms with Gasteiger partial charge in [0.1, 0.15) is 0 Å². The highest BCUT2D eigenvalue weighted by Gasteiger charge is 2.05. The summed E-state index contributed by atoms with van der Waals surface area (Å²) in [6.07, 6.45) is 21.0. The van der Waals surface area contributed by atoms with Gasteiger partial charge in [0.05, 0.1) is 40.4 Å². The van der Waals surface area contributed by atoms with E-state index in [9.17, 15) is 5.11 Å². The fourth-order valence-electron chi connectivity index (χ4n) is 3.21. The molecule has 0 radical (unpaired) electrons. The van der Waals surface area contributed by atoms with Crippen LogP contribution in [0.1, 0.15) is 96.8 Å². The van der Waals surface area contributed by atoms with E-state index >= 15 is 0 Å². The number of hydroxylamine groups is 1. The molecule has 0 fully saturated rings. The number of unbranched alkanes of at least 4 members (excludes halogenated alkanes) is 9. The van der Waals surface area contributed by atoms with Crippen LogP contribution in [0.3, 0.4) is 0 Å². The predicted molar refractivity (Wildman–Crippen MR) is 122 cm³/mol. The van der Waals surface area contributed by atoms with Crippen molar-refractivity contribution in [2.24, 2.45) is 0 Å². The average Bonchev–Trinajstić information content (AvgIpc) is 2.64. The number of hydrogen-bond acceptors (Lipinski definition) is 3. The summed E-state index contributed by atoms with van der Waals surface area (Å²) in [5.41, 5.74) is 3.08. The zero-order valence-electron chi connectivity index (χ0n) is 19.6. The molecule has 0 bridgehead atoms. The number of aliphatic hydroxyl groups excluding tert-OH is 1. The molecule has 4 heteroatoms. The van der Waals surface area contributed by atoms with Gasteiger partial charge in [-0.05, 0) is 32.1 Å². The number of allylic oxidation sites excluding steroid dienone is 1. The third kappa shape index (κ3) is 23.6. The first-order chi connectivity index (χ1) is 13.5. The van der Waals surface area contributed by atoms with Crippen LogP contribution in [-0.4, -0.2) is 56.5 Å². The number of aliphatic hydroxyl groups is 1. The second-order valence-corrected chi connectivity index (χ2v) is 9.23. The molecule has 0 aliphatic heterocycles. The molecule has 28 heavy (non-hydrogen) atoms. The Morgan fingerprint density at radius 1 is 0.857 bits per heavy atom. The Bertz CT molecular complexity index is 340. The lowest BCUT2D eigenvalue weighted by Gasteiger charge is -2.23. The SMILES string of the molecule is CCCCCCC(O)CC=CCCCCCCCCONCCC[N+](C)(C)C. The lowest BCUT2D eigenvalue weighted by molar-refractivity contribution is -0.870. The minimum atomic E-state index is -0.137. The molecule has 0 amide bonds. The van der Waals surface area contributed by atoms with Crippen LogP contribution >= 0.6 is 0 Å². The van der Waals surface area contributed by atoms with Crippen LogP contribution in [0.15, 0.2) is 12.2 Å². The van der Waals surface area contributed by atoms with E-state index in [1.807, 2.05) is 0 Å². The Hall–Kier alpha value is -0.420. The normalized spacial score (nSPS) is 13.5. The molecule has 0 rings (SSSR count). The Morgan fingerprint density at radius 3 is 2.25 bits per heavy atom. The highest BCUT2D eigenvalue weighted by atomic mass is 16.6. The van der Waals surface area contributed by atoms with Gasteiger partial charge >= 0.3 is 0 Å². The minimum Gasteiger partial charge on any atom is -0.393 e. The van der Waals surface area contributed by atoms with Gasteiger partial charge in [0.25, 0.3) is 0 Å². The molecule has 4 nitrogen and oxygen atoms in total. The quantitative estimate of drug-likeness (QED) is 0.114.